The number of carbonyl (C=O) groups excluding carboxylic acids is 2. The first-order valence-corrected chi connectivity index (χ1v) is 8.54. The number of cyclic esters (lactones) is 1. The fraction of sp³-hybridized carbons (Fsp3) is 0.350. The number of benzene rings is 1. The van der Waals surface area contributed by atoms with Gasteiger partial charge in [-0.1, -0.05) is 37.6 Å². The van der Waals surface area contributed by atoms with Gasteiger partial charge in [-0.05, 0) is 31.4 Å². The normalized spacial score (nSPS) is 12.7. The first kappa shape index (κ1) is 17.1. The minimum atomic E-state index is -0.462. The fourth-order valence-electron chi connectivity index (χ4n) is 3.27. The standard InChI is InChI=1S/C20H21NO4/c1-4-8-13-9-6-7-10-14(13)17-16(19(22)24-5-2)12(3)21-15-11-25-20(23)18(15)17/h6-7,9-10H,4-5,8,11H2,1-3H3. The summed E-state index contributed by atoms with van der Waals surface area (Å²) in [6, 6.07) is 7.83. The molecule has 0 fully saturated rings. The van der Waals surface area contributed by atoms with Crippen LogP contribution in [-0.2, 0) is 22.5 Å². The second-order valence-electron chi connectivity index (χ2n) is 5.97. The average Bonchev–Trinajstić information content (AvgIpc) is 2.95. The average molecular weight is 339 g/mol. The van der Waals surface area contributed by atoms with Gasteiger partial charge in [-0.3, -0.25) is 4.98 Å². The molecule has 2 aromatic rings. The molecule has 0 spiro atoms. The first-order valence-electron chi connectivity index (χ1n) is 8.54. The molecule has 0 radical (unpaired) electrons. The number of ether oxygens (including phenoxy) is 2. The molecule has 0 N–H and O–H groups in total. The Morgan fingerprint density at radius 3 is 2.72 bits per heavy atom. The summed E-state index contributed by atoms with van der Waals surface area (Å²) in [7, 11) is 0. The Morgan fingerprint density at radius 2 is 2.00 bits per heavy atom. The van der Waals surface area contributed by atoms with Crippen LogP contribution in [0.4, 0.5) is 0 Å². The molecule has 130 valence electrons. The Labute approximate surface area is 147 Å². The molecule has 5 heteroatoms. The van der Waals surface area contributed by atoms with Gasteiger partial charge in [0.15, 0.2) is 0 Å². The maximum absolute atomic E-state index is 12.6. The van der Waals surface area contributed by atoms with Crippen molar-refractivity contribution in [3.8, 4) is 11.1 Å². The molecule has 0 atom stereocenters. The lowest BCUT2D eigenvalue weighted by atomic mass is 9.89. The zero-order chi connectivity index (χ0) is 18.0. The predicted molar refractivity (Wildman–Crippen MR) is 93.5 cm³/mol. The molecule has 1 aromatic carbocycles. The summed E-state index contributed by atoms with van der Waals surface area (Å²) in [5.74, 6) is -0.898. The zero-order valence-corrected chi connectivity index (χ0v) is 14.7. The van der Waals surface area contributed by atoms with Crippen LogP contribution >= 0.6 is 0 Å². The Bertz CT molecular complexity index is 842. The molecule has 0 aliphatic carbocycles. The number of hydrogen-bond acceptors (Lipinski definition) is 5. The van der Waals surface area contributed by atoms with E-state index in [9.17, 15) is 9.59 Å². The molecule has 1 aliphatic heterocycles. The van der Waals surface area contributed by atoms with Crippen LogP contribution in [0.15, 0.2) is 24.3 Å². The Morgan fingerprint density at radius 1 is 1.24 bits per heavy atom. The van der Waals surface area contributed by atoms with Crippen LogP contribution in [0.2, 0.25) is 0 Å². The summed E-state index contributed by atoms with van der Waals surface area (Å²) in [6.07, 6.45) is 1.81. The highest BCUT2D eigenvalue weighted by Gasteiger charge is 2.33. The van der Waals surface area contributed by atoms with Gasteiger partial charge in [0.2, 0.25) is 0 Å². The van der Waals surface area contributed by atoms with Crippen molar-refractivity contribution < 1.29 is 19.1 Å². The quantitative estimate of drug-likeness (QED) is 0.774. The van der Waals surface area contributed by atoms with E-state index < -0.39 is 11.9 Å². The highest BCUT2D eigenvalue weighted by molar-refractivity contribution is 6.08. The first-order chi connectivity index (χ1) is 12.1. The Kier molecular flexibility index (Phi) is 4.83. The molecule has 5 nitrogen and oxygen atoms in total. The number of pyridine rings is 1. The minimum absolute atomic E-state index is 0.140. The molecule has 0 saturated heterocycles. The second kappa shape index (κ2) is 7.05. The van der Waals surface area contributed by atoms with Crippen molar-refractivity contribution in [2.75, 3.05) is 6.61 Å². The molecule has 2 heterocycles. The highest BCUT2D eigenvalue weighted by Crippen LogP contribution is 2.37. The molecule has 3 rings (SSSR count). The van der Waals surface area contributed by atoms with Gasteiger partial charge in [0.05, 0.1) is 29.1 Å². The van der Waals surface area contributed by atoms with Gasteiger partial charge in [0, 0.05) is 5.56 Å². The number of hydrogen-bond donors (Lipinski definition) is 0. The van der Waals surface area contributed by atoms with Crippen LogP contribution in [0.25, 0.3) is 11.1 Å². The summed E-state index contributed by atoms with van der Waals surface area (Å²) in [4.78, 5) is 29.4. The molecule has 0 bridgehead atoms. The van der Waals surface area contributed by atoms with Crippen molar-refractivity contribution in [3.63, 3.8) is 0 Å². The lowest BCUT2D eigenvalue weighted by Gasteiger charge is -2.17. The summed E-state index contributed by atoms with van der Waals surface area (Å²) in [5, 5.41) is 0. The van der Waals surface area contributed by atoms with E-state index >= 15 is 0 Å². The number of aryl methyl sites for hydroxylation is 2. The van der Waals surface area contributed by atoms with Gasteiger partial charge in [-0.2, -0.15) is 0 Å². The largest absolute Gasteiger partial charge is 0.462 e. The second-order valence-corrected chi connectivity index (χ2v) is 5.97. The smallest absolute Gasteiger partial charge is 0.341 e. The molecular weight excluding hydrogens is 318 g/mol. The third kappa shape index (κ3) is 3.02. The molecule has 25 heavy (non-hydrogen) atoms. The van der Waals surface area contributed by atoms with Gasteiger partial charge in [-0.15, -0.1) is 0 Å². The van der Waals surface area contributed by atoms with Gasteiger partial charge in [0.1, 0.15) is 6.61 Å². The number of carbonyl (C=O) groups is 2. The van der Waals surface area contributed by atoms with Gasteiger partial charge in [0.25, 0.3) is 0 Å². The fourth-order valence-corrected chi connectivity index (χ4v) is 3.27. The number of aromatic nitrogens is 1. The number of nitrogens with zero attached hydrogens (tertiary/aromatic N) is 1. The van der Waals surface area contributed by atoms with Crippen LogP contribution in [0, 0.1) is 6.92 Å². The van der Waals surface area contributed by atoms with Crippen LogP contribution in [0.3, 0.4) is 0 Å². The van der Waals surface area contributed by atoms with E-state index in [2.05, 4.69) is 11.9 Å². The number of esters is 2. The van der Waals surface area contributed by atoms with Crippen molar-refractivity contribution in [1.29, 1.82) is 0 Å². The Balaban J connectivity index is 2.34. The lowest BCUT2D eigenvalue weighted by Crippen LogP contribution is -2.14. The topological polar surface area (TPSA) is 65.5 Å². The SMILES string of the molecule is CCCc1ccccc1-c1c(C(=O)OCC)c(C)nc2c1C(=O)OC2. The van der Waals surface area contributed by atoms with Gasteiger partial charge >= 0.3 is 11.9 Å². The minimum Gasteiger partial charge on any atom is -0.462 e. The van der Waals surface area contributed by atoms with E-state index in [4.69, 9.17) is 9.47 Å². The Hall–Kier alpha value is -2.69. The van der Waals surface area contributed by atoms with Crippen LogP contribution in [-0.4, -0.2) is 23.5 Å². The zero-order valence-electron chi connectivity index (χ0n) is 14.7. The van der Waals surface area contributed by atoms with Crippen molar-refractivity contribution in [3.05, 3.63) is 52.3 Å². The number of fused-ring (bicyclic) bond motifs is 1. The maximum atomic E-state index is 12.6. The van der Waals surface area contributed by atoms with E-state index in [1.807, 2.05) is 24.3 Å². The predicted octanol–water partition coefficient (Wildman–Crippen LogP) is 3.86. The summed E-state index contributed by atoms with van der Waals surface area (Å²) >= 11 is 0. The van der Waals surface area contributed by atoms with E-state index in [1.165, 1.54) is 0 Å². The summed E-state index contributed by atoms with van der Waals surface area (Å²) in [5.41, 5.74) is 4.41. The molecule has 0 saturated carbocycles. The van der Waals surface area contributed by atoms with Gasteiger partial charge < -0.3 is 9.47 Å². The van der Waals surface area contributed by atoms with E-state index in [1.54, 1.807) is 13.8 Å². The lowest BCUT2D eigenvalue weighted by molar-refractivity contribution is 0.0523. The molecular formula is C20H21NO4. The monoisotopic (exact) mass is 339 g/mol. The van der Waals surface area contributed by atoms with Gasteiger partial charge in [-0.25, -0.2) is 9.59 Å². The molecule has 0 unspecified atom stereocenters. The van der Waals surface area contributed by atoms with Crippen LogP contribution in [0.1, 0.15) is 57.9 Å². The molecule has 0 amide bonds. The van der Waals surface area contributed by atoms with E-state index in [0.29, 0.717) is 28.1 Å². The summed E-state index contributed by atoms with van der Waals surface area (Å²) in [6.45, 7) is 6.02. The summed E-state index contributed by atoms with van der Waals surface area (Å²) < 4.78 is 10.4. The van der Waals surface area contributed by atoms with Crippen LogP contribution in [0.5, 0.6) is 0 Å². The van der Waals surface area contributed by atoms with Crippen molar-refractivity contribution >= 4 is 11.9 Å². The van der Waals surface area contributed by atoms with Crippen molar-refractivity contribution in [1.82, 2.24) is 4.98 Å². The third-order valence-electron chi connectivity index (χ3n) is 4.28. The van der Waals surface area contributed by atoms with E-state index in [-0.39, 0.29) is 13.2 Å². The van der Waals surface area contributed by atoms with E-state index in [0.717, 1.165) is 24.0 Å². The van der Waals surface area contributed by atoms with Crippen molar-refractivity contribution in [2.45, 2.75) is 40.2 Å². The highest BCUT2D eigenvalue weighted by atomic mass is 16.5. The maximum Gasteiger partial charge on any atom is 0.341 e. The van der Waals surface area contributed by atoms with Crippen molar-refractivity contribution in [2.24, 2.45) is 0 Å². The van der Waals surface area contributed by atoms with Crippen LogP contribution < -0.4 is 0 Å². The molecule has 1 aromatic heterocycles. The molecule has 1 aliphatic rings. The third-order valence-corrected chi connectivity index (χ3v) is 4.28. The number of rotatable bonds is 5.